The summed E-state index contributed by atoms with van der Waals surface area (Å²) in [5, 5.41) is 4.04. The number of amides is 1. The number of piperidine rings is 1. The number of pyridine rings is 1. The Morgan fingerprint density at radius 2 is 2.00 bits per heavy atom. The SMILES string of the molecule is O=C(CCCCN1CCCCC1)Nc1ccc2ncccc2c1. The number of benzene rings is 1. The van der Waals surface area contributed by atoms with Gasteiger partial charge in [0.05, 0.1) is 5.52 Å². The molecule has 1 aliphatic heterocycles. The van der Waals surface area contributed by atoms with Crippen molar-refractivity contribution in [1.29, 1.82) is 0 Å². The van der Waals surface area contributed by atoms with E-state index in [0.717, 1.165) is 36.0 Å². The summed E-state index contributed by atoms with van der Waals surface area (Å²) < 4.78 is 0. The van der Waals surface area contributed by atoms with Crippen LogP contribution in [0.1, 0.15) is 38.5 Å². The van der Waals surface area contributed by atoms with E-state index in [1.807, 2.05) is 30.3 Å². The molecular formula is C19H25N3O. The van der Waals surface area contributed by atoms with Crippen LogP contribution in [-0.2, 0) is 4.79 Å². The van der Waals surface area contributed by atoms with E-state index in [9.17, 15) is 4.79 Å². The molecule has 0 spiro atoms. The predicted octanol–water partition coefficient (Wildman–Crippen LogP) is 3.83. The van der Waals surface area contributed by atoms with E-state index in [0.29, 0.717) is 6.42 Å². The maximum Gasteiger partial charge on any atom is 0.224 e. The highest BCUT2D eigenvalue weighted by Crippen LogP contribution is 2.17. The Balaban J connectivity index is 1.41. The van der Waals surface area contributed by atoms with Gasteiger partial charge in [0.25, 0.3) is 0 Å². The van der Waals surface area contributed by atoms with Gasteiger partial charge in [0, 0.05) is 23.7 Å². The summed E-state index contributed by atoms with van der Waals surface area (Å²) in [7, 11) is 0. The number of fused-ring (bicyclic) bond motifs is 1. The normalized spacial score (nSPS) is 15.7. The minimum Gasteiger partial charge on any atom is -0.326 e. The smallest absolute Gasteiger partial charge is 0.224 e. The largest absolute Gasteiger partial charge is 0.326 e. The molecule has 4 heteroatoms. The van der Waals surface area contributed by atoms with Crippen molar-refractivity contribution in [2.75, 3.05) is 25.0 Å². The number of carbonyl (C=O) groups is 1. The summed E-state index contributed by atoms with van der Waals surface area (Å²) in [4.78, 5) is 18.9. The third kappa shape index (κ3) is 4.76. The van der Waals surface area contributed by atoms with Crippen molar-refractivity contribution < 1.29 is 4.79 Å². The maximum atomic E-state index is 12.1. The highest BCUT2D eigenvalue weighted by atomic mass is 16.1. The van der Waals surface area contributed by atoms with Gasteiger partial charge >= 0.3 is 0 Å². The Labute approximate surface area is 137 Å². The quantitative estimate of drug-likeness (QED) is 0.825. The number of unbranched alkanes of at least 4 members (excludes halogenated alkanes) is 1. The highest BCUT2D eigenvalue weighted by molar-refractivity contribution is 5.93. The van der Waals surface area contributed by atoms with Gasteiger partial charge in [-0.25, -0.2) is 0 Å². The average molecular weight is 311 g/mol. The van der Waals surface area contributed by atoms with Crippen molar-refractivity contribution >= 4 is 22.5 Å². The molecule has 1 saturated heterocycles. The predicted molar refractivity (Wildman–Crippen MR) is 94.5 cm³/mol. The van der Waals surface area contributed by atoms with Crippen LogP contribution >= 0.6 is 0 Å². The van der Waals surface area contributed by atoms with Gasteiger partial charge in [-0.15, -0.1) is 0 Å². The lowest BCUT2D eigenvalue weighted by atomic mass is 10.1. The summed E-state index contributed by atoms with van der Waals surface area (Å²) in [6.07, 6.45) is 8.48. The van der Waals surface area contributed by atoms with Gasteiger partial charge in [-0.3, -0.25) is 9.78 Å². The minimum atomic E-state index is 0.104. The molecule has 1 aromatic heterocycles. The molecule has 0 radical (unpaired) electrons. The van der Waals surface area contributed by atoms with Crippen LogP contribution in [0.25, 0.3) is 10.9 Å². The molecule has 2 aromatic rings. The molecule has 0 bridgehead atoms. The first kappa shape index (κ1) is 15.9. The second-order valence-electron chi connectivity index (χ2n) is 6.32. The molecule has 4 nitrogen and oxygen atoms in total. The summed E-state index contributed by atoms with van der Waals surface area (Å²) in [6.45, 7) is 3.60. The lowest BCUT2D eigenvalue weighted by Crippen LogP contribution is -2.30. The van der Waals surface area contributed by atoms with Crippen LogP contribution in [-0.4, -0.2) is 35.4 Å². The molecule has 0 aliphatic carbocycles. The Hall–Kier alpha value is -1.94. The number of nitrogens with one attached hydrogen (secondary N) is 1. The molecule has 0 saturated carbocycles. The highest BCUT2D eigenvalue weighted by Gasteiger charge is 2.09. The number of anilines is 1. The second kappa shape index (κ2) is 8.06. The maximum absolute atomic E-state index is 12.1. The van der Waals surface area contributed by atoms with E-state index < -0.39 is 0 Å². The molecule has 0 atom stereocenters. The van der Waals surface area contributed by atoms with E-state index in [2.05, 4.69) is 15.2 Å². The minimum absolute atomic E-state index is 0.104. The van der Waals surface area contributed by atoms with Crippen LogP contribution in [0.3, 0.4) is 0 Å². The number of hydrogen-bond acceptors (Lipinski definition) is 3. The Morgan fingerprint density at radius 1 is 1.13 bits per heavy atom. The van der Waals surface area contributed by atoms with Crippen LogP contribution in [0.4, 0.5) is 5.69 Å². The van der Waals surface area contributed by atoms with Gasteiger partial charge in [-0.05, 0) is 69.6 Å². The zero-order valence-corrected chi connectivity index (χ0v) is 13.6. The topological polar surface area (TPSA) is 45.2 Å². The van der Waals surface area contributed by atoms with E-state index in [1.54, 1.807) is 6.20 Å². The average Bonchev–Trinajstić information content (AvgIpc) is 2.59. The molecule has 0 unspecified atom stereocenters. The lowest BCUT2D eigenvalue weighted by molar-refractivity contribution is -0.116. The molecule has 122 valence electrons. The number of rotatable bonds is 6. The van der Waals surface area contributed by atoms with Crippen molar-refractivity contribution in [2.45, 2.75) is 38.5 Å². The zero-order chi connectivity index (χ0) is 15.9. The van der Waals surface area contributed by atoms with Crippen molar-refractivity contribution in [3.8, 4) is 0 Å². The number of nitrogens with zero attached hydrogens (tertiary/aromatic N) is 2. The molecule has 1 N–H and O–H groups in total. The van der Waals surface area contributed by atoms with Crippen molar-refractivity contribution in [3.63, 3.8) is 0 Å². The molecule has 3 rings (SSSR count). The van der Waals surface area contributed by atoms with Gasteiger partial charge in [-0.2, -0.15) is 0 Å². The van der Waals surface area contributed by atoms with Gasteiger partial charge in [-0.1, -0.05) is 12.5 Å². The van der Waals surface area contributed by atoms with Gasteiger partial charge in [0.15, 0.2) is 0 Å². The molecule has 2 heterocycles. The van der Waals surface area contributed by atoms with E-state index in [4.69, 9.17) is 0 Å². The van der Waals surface area contributed by atoms with Gasteiger partial charge < -0.3 is 10.2 Å². The Kier molecular flexibility index (Phi) is 5.59. The van der Waals surface area contributed by atoms with Crippen LogP contribution in [0, 0.1) is 0 Å². The van der Waals surface area contributed by atoms with Crippen LogP contribution in [0.5, 0.6) is 0 Å². The van der Waals surface area contributed by atoms with Crippen LogP contribution in [0.2, 0.25) is 0 Å². The monoisotopic (exact) mass is 311 g/mol. The molecule has 23 heavy (non-hydrogen) atoms. The fraction of sp³-hybridized carbons (Fsp3) is 0.474. The van der Waals surface area contributed by atoms with Crippen molar-refractivity contribution in [2.24, 2.45) is 0 Å². The van der Waals surface area contributed by atoms with Gasteiger partial charge in [0.1, 0.15) is 0 Å². The Morgan fingerprint density at radius 3 is 2.87 bits per heavy atom. The third-order valence-corrected chi connectivity index (χ3v) is 4.46. The fourth-order valence-electron chi connectivity index (χ4n) is 3.18. The third-order valence-electron chi connectivity index (χ3n) is 4.46. The number of aromatic nitrogens is 1. The number of carbonyl (C=O) groups excluding carboxylic acids is 1. The Bertz CT molecular complexity index is 650. The van der Waals surface area contributed by atoms with Crippen molar-refractivity contribution in [3.05, 3.63) is 36.5 Å². The molecule has 1 fully saturated rings. The summed E-state index contributed by atoms with van der Waals surface area (Å²) >= 11 is 0. The standard InChI is InChI=1S/C19H25N3O/c23-19(8-2-5-14-22-12-3-1-4-13-22)21-17-9-10-18-16(15-17)7-6-11-20-18/h6-7,9-11,15H,1-5,8,12-14H2,(H,21,23). The first-order valence-corrected chi connectivity index (χ1v) is 8.68. The lowest BCUT2D eigenvalue weighted by Gasteiger charge is -2.26. The van der Waals surface area contributed by atoms with E-state index in [-0.39, 0.29) is 5.91 Å². The van der Waals surface area contributed by atoms with Crippen LogP contribution < -0.4 is 5.32 Å². The van der Waals surface area contributed by atoms with Crippen LogP contribution in [0.15, 0.2) is 36.5 Å². The zero-order valence-electron chi connectivity index (χ0n) is 13.6. The fourth-order valence-corrected chi connectivity index (χ4v) is 3.18. The molecule has 1 amide bonds. The number of likely N-dealkylation sites (tertiary alicyclic amines) is 1. The van der Waals surface area contributed by atoms with Crippen molar-refractivity contribution in [1.82, 2.24) is 9.88 Å². The van der Waals surface area contributed by atoms with E-state index in [1.165, 1.54) is 32.4 Å². The summed E-state index contributed by atoms with van der Waals surface area (Å²) in [6, 6.07) is 9.77. The summed E-state index contributed by atoms with van der Waals surface area (Å²) in [5.74, 6) is 0.104. The van der Waals surface area contributed by atoms with E-state index >= 15 is 0 Å². The summed E-state index contributed by atoms with van der Waals surface area (Å²) in [5.41, 5.74) is 1.80. The number of hydrogen-bond donors (Lipinski definition) is 1. The van der Waals surface area contributed by atoms with Gasteiger partial charge in [0.2, 0.25) is 5.91 Å². The molecule has 1 aliphatic rings. The first-order valence-electron chi connectivity index (χ1n) is 8.68. The first-order chi connectivity index (χ1) is 11.3. The molecule has 1 aromatic carbocycles. The molecular weight excluding hydrogens is 286 g/mol. The second-order valence-corrected chi connectivity index (χ2v) is 6.32.